The molecule has 0 aliphatic carbocycles. The van der Waals surface area contributed by atoms with Crippen LogP contribution in [0.5, 0.6) is 0 Å². The van der Waals surface area contributed by atoms with Gasteiger partial charge in [0.2, 0.25) is 0 Å². The number of hydrogen-bond acceptors (Lipinski definition) is 2. The van der Waals surface area contributed by atoms with Gasteiger partial charge in [-0.15, -0.1) is 0 Å². The summed E-state index contributed by atoms with van der Waals surface area (Å²) < 4.78 is 0. The molecule has 0 saturated carbocycles. The van der Waals surface area contributed by atoms with Gasteiger partial charge in [0.15, 0.2) is 0 Å². The van der Waals surface area contributed by atoms with Gasteiger partial charge in [-0.3, -0.25) is 4.79 Å². The summed E-state index contributed by atoms with van der Waals surface area (Å²) in [6.45, 7) is 0.675. The van der Waals surface area contributed by atoms with E-state index in [1.165, 1.54) is 11.3 Å². The highest BCUT2D eigenvalue weighted by Crippen LogP contribution is 2.04. The molecule has 1 N–H and O–H groups in total. The Morgan fingerprint density at radius 1 is 1.73 bits per heavy atom. The lowest BCUT2D eigenvalue weighted by Gasteiger charge is -1.98. The van der Waals surface area contributed by atoms with Crippen LogP contribution in [0.25, 0.3) is 0 Å². The van der Waals surface area contributed by atoms with E-state index in [1.54, 1.807) is 0 Å². The van der Waals surface area contributed by atoms with Crippen molar-refractivity contribution in [3.05, 3.63) is 22.4 Å². The molecule has 0 saturated heterocycles. The summed E-state index contributed by atoms with van der Waals surface area (Å²) >= 11 is 4.76. The molecule has 1 rings (SSSR count). The van der Waals surface area contributed by atoms with Gasteiger partial charge in [0.1, 0.15) is 0 Å². The summed E-state index contributed by atoms with van der Waals surface area (Å²) in [4.78, 5) is 11.1. The Morgan fingerprint density at radius 2 is 2.55 bits per heavy atom. The van der Waals surface area contributed by atoms with Crippen molar-refractivity contribution in [2.24, 2.45) is 0 Å². The number of rotatable bonds is 3. The Kier molecular flexibility index (Phi) is 3.59. The van der Waals surface area contributed by atoms with Crippen molar-refractivity contribution in [3.8, 4) is 0 Å². The molecule has 0 aliphatic rings. The molecule has 0 fully saturated rings. The maximum absolute atomic E-state index is 11.1. The fourth-order valence-corrected chi connectivity index (χ4v) is 1.49. The van der Waals surface area contributed by atoms with Crippen molar-refractivity contribution >= 4 is 33.2 Å². The number of nitrogens with one attached hydrogen (secondary N) is 1. The van der Waals surface area contributed by atoms with Gasteiger partial charge in [0.05, 0.1) is 0 Å². The van der Waals surface area contributed by atoms with Gasteiger partial charge in [-0.25, -0.2) is 0 Å². The Balaban J connectivity index is 2.43. The zero-order valence-electron chi connectivity index (χ0n) is 5.84. The van der Waals surface area contributed by atoms with Crippen molar-refractivity contribution < 1.29 is 4.79 Å². The second-order valence-corrected chi connectivity index (χ2v) is 3.53. The lowest BCUT2D eigenvalue weighted by atomic mass is 10.3. The highest BCUT2D eigenvalue weighted by Gasteiger charge is 2.02. The van der Waals surface area contributed by atoms with E-state index < -0.39 is 0 Å². The Hall–Kier alpha value is -0.350. The highest BCUT2D eigenvalue weighted by molar-refractivity contribution is 9.09. The molecule has 0 bridgehead atoms. The minimum absolute atomic E-state index is 0.00528. The van der Waals surface area contributed by atoms with Crippen LogP contribution in [0.4, 0.5) is 0 Å². The minimum Gasteiger partial charge on any atom is -0.351 e. The molecule has 0 aromatic carbocycles. The highest BCUT2D eigenvalue weighted by atomic mass is 79.9. The predicted molar refractivity (Wildman–Crippen MR) is 50.4 cm³/mol. The quantitative estimate of drug-likeness (QED) is 0.795. The second-order valence-electron chi connectivity index (χ2n) is 1.96. The Morgan fingerprint density at radius 3 is 3.09 bits per heavy atom. The number of hydrogen-bond donors (Lipinski definition) is 1. The number of carbonyl (C=O) groups excluding carboxylic acids is 1. The Bertz CT molecular complexity index is 222. The van der Waals surface area contributed by atoms with Crippen LogP contribution in [0.1, 0.15) is 10.4 Å². The van der Waals surface area contributed by atoms with E-state index >= 15 is 0 Å². The first-order valence-corrected chi connectivity index (χ1v) is 5.27. The van der Waals surface area contributed by atoms with Crippen LogP contribution in [0, 0.1) is 0 Å². The maximum atomic E-state index is 11.1. The first-order chi connectivity index (χ1) is 5.34. The third kappa shape index (κ3) is 2.63. The number of amides is 1. The standard InChI is InChI=1S/C7H8BrNOS/c8-2-3-9-7(10)6-1-4-11-5-6/h1,4-5H,2-3H2,(H,9,10). The third-order valence-electron chi connectivity index (χ3n) is 1.16. The van der Waals surface area contributed by atoms with E-state index in [9.17, 15) is 4.79 Å². The van der Waals surface area contributed by atoms with E-state index in [0.717, 1.165) is 10.9 Å². The first-order valence-electron chi connectivity index (χ1n) is 3.21. The van der Waals surface area contributed by atoms with Crippen molar-refractivity contribution in [3.63, 3.8) is 0 Å². The van der Waals surface area contributed by atoms with Crippen molar-refractivity contribution in [2.45, 2.75) is 0 Å². The molecule has 4 heteroatoms. The van der Waals surface area contributed by atoms with Gasteiger partial charge in [-0.1, -0.05) is 15.9 Å². The molecule has 0 spiro atoms. The summed E-state index contributed by atoms with van der Waals surface area (Å²) in [7, 11) is 0. The topological polar surface area (TPSA) is 29.1 Å². The molecule has 0 aliphatic heterocycles. The van der Waals surface area contributed by atoms with Gasteiger partial charge < -0.3 is 5.32 Å². The van der Waals surface area contributed by atoms with Gasteiger partial charge in [-0.05, 0) is 11.4 Å². The summed E-state index contributed by atoms with van der Waals surface area (Å²) in [5.74, 6) is 0.00528. The fourth-order valence-electron chi connectivity index (χ4n) is 0.657. The summed E-state index contributed by atoms with van der Waals surface area (Å²) in [6.07, 6.45) is 0. The summed E-state index contributed by atoms with van der Waals surface area (Å²) in [6, 6.07) is 1.81. The normalized spacial score (nSPS) is 9.55. The van der Waals surface area contributed by atoms with Gasteiger partial charge in [-0.2, -0.15) is 11.3 Å². The first kappa shape index (κ1) is 8.74. The largest absolute Gasteiger partial charge is 0.351 e. The molecular weight excluding hydrogens is 226 g/mol. The number of carbonyl (C=O) groups is 1. The molecule has 1 aromatic heterocycles. The number of halogens is 1. The average molecular weight is 234 g/mol. The zero-order valence-corrected chi connectivity index (χ0v) is 8.24. The molecule has 0 unspecified atom stereocenters. The molecule has 0 atom stereocenters. The number of thiophene rings is 1. The molecular formula is C7H8BrNOS. The summed E-state index contributed by atoms with van der Waals surface area (Å²) in [5.41, 5.74) is 0.746. The van der Waals surface area contributed by atoms with Crippen LogP contribution in [0.15, 0.2) is 16.8 Å². The van der Waals surface area contributed by atoms with Crippen LogP contribution in [-0.4, -0.2) is 17.8 Å². The minimum atomic E-state index is 0.00528. The molecule has 1 amide bonds. The third-order valence-corrected chi connectivity index (χ3v) is 2.24. The van der Waals surface area contributed by atoms with E-state index in [1.807, 2.05) is 16.8 Å². The monoisotopic (exact) mass is 233 g/mol. The zero-order chi connectivity index (χ0) is 8.10. The molecule has 0 radical (unpaired) electrons. The fraction of sp³-hybridized carbons (Fsp3) is 0.286. The van der Waals surface area contributed by atoms with E-state index in [4.69, 9.17) is 0 Å². The van der Waals surface area contributed by atoms with Crippen molar-refractivity contribution in [1.29, 1.82) is 0 Å². The summed E-state index contributed by atoms with van der Waals surface area (Å²) in [5, 5.41) is 7.28. The Labute approximate surface area is 77.7 Å². The average Bonchev–Trinajstić information content (AvgIpc) is 2.52. The van der Waals surface area contributed by atoms with Gasteiger partial charge >= 0.3 is 0 Å². The lowest BCUT2D eigenvalue weighted by molar-refractivity contribution is 0.0957. The maximum Gasteiger partial charge on any atom is 0.252 e. The van der Waals surface area contributed by atoms with Crippen LogP contribution in [0.2, 0.25) is 0 Å². The van der Waals surface area contributed by atoms with Crippen molar-refractivity contribution in [2.75, 3.05) is 11.9 Å². The van der Waals surface area contributed by atoms with Crippen LogP contribution in [0.3, 0.4) is 0 Å². The second kappa shape index (κ2) is 4.51. The lowest BCUT2D eigenvalue weighted by Crippen LogP contribution is -2.24. The van der Waals surface area contributed by atoms with E-state index in [2.05, 4.69) is 21.2 Å². The van der Waals surface area contributed by atoms with Crippen molar-refractivity contribution in [1.82, 2.24) is 5.32 Å². The molecule has 60 valence electrons. The van der Waals surface area contributed by atoms with Gasteiger partial charge in [0, 0.05) is 22.8 Å². The van der Waals surface area contributed by atoms with E-state index in [-0.39, 0.29) is 5.91 Å². The number of alkyl halides is 1. The van der Waals surface area contributed by atoms with Crippen LogP contribution >= 0.6 is 27.3 Å². The molecule has 2 nitrogen and oxygen atoms in total. The van der Waals surface area contributed by atoms with Crippen LogP contribution < -0.4 is 5.32 Å². The predicted octanol–water partition coefficient (Wildman–Crippen LogP) is 1.87. The SMILES string of the molecule is O=C(NCCBr)c1ccsc1. The molecule has 1 aromatic rings. The van der Waals surface area contributed by atoms with Crippen LogP contribution in [-0.2, 0) is 0 Å². The molecule has 1 heterocycles. The van der Waals surface area contributed by atoms with Gasteiger partial charge in [0.25, 0.3) is 5.91 Å². The van der Waals surface area contributed by atoms with E-state index in [0.29, 0.717) is 6.54 Å². The smallest absolute Gasteiger partial charge is 0.252 e. The molecule has 11 heavy (non-hydrogen) atoms.